The van der Waals surface area contributed by atoms with Crippen molar-refractivity contribution in [3.05, 3.63) is 33.7 Å². The van der Waals surface area contributed by atoms with Crippen LogP contribution in [-0.2, 0) is 6.54 Å². The van der Waals surface area contributed by atoms with Crippen molar-refractivity contribution in [2.45, 2.75) is 29.9 Å². The van der Waals surface area contributed by atoms with E-state index in [2.05, 4.69) is 10.2 Å². The van der Waals surface area contributed by atoms with Gasteiger partial charge >= 0.3 is 5.69 Å². The van der Waals surface area contributed by atoms with E-state index >= 15 is 0 Å². The van der Waals surface area contributed by atoms with E-state index in [1.54, 1.807) is 22.8 Å². The van der Waals surface area contributed by atoms with Crippen molar-refractivity contribution >= 4 is 29.1 Å². The summed E-state index contributed by atoms with van der Waals surface area (Å²) >= 11 is 7.25. The average Bonchev–Trinajstić information content (AvgIpc) is 2.67. The molecule has 3 N–H and O–H groups in total. The van der Waals surface area contributed by atoms with E-state index in [1.807, 2.05) is 6.92 Å². The minimum atomic E-state index is -0.208. The van der Waals surface area contributed by atoms with E-state index in [0.29, 0.717) is 22.4 Å². The van der Waals surface area contributed by atoms with Gasteiger partial charge in [-0.1, -0.05) is 18.5 Å². The summed E-state index contributed by atoms with van der Waals surface area (Å²) in [6, 6.07) is 5.22. The minimum absolute atomic E-state index is 0.208. The fraction of sp³-hybridized carbons (Fsp3) is 0.273. The maximum absolute atomic E-state index is 11.5. The number of hydrogen-bond donors (Lipinski definition) is 2. The number of aromatic nitrogens is 3. The zero-order chi connectivity index (χ0) is 13.1. The summed E-state index contributed by atoms with van der Waals surface area (Å²) < 4.78 is 1.59. The number of nitrogens with zero attached hydrogens (tertiary/aromatic N) is 2. The Labute approximate surface area is 113 Å². The van der Waals surface area contributed by atoms with Gasteiger partial charge in [0.25, 0.3) is 0 Å². The first-order valence-corrected chi connectivity index (χ1v) is 6.69. The number of anilines is 1. The molecule has 0 amide bonds. The molecule has 0 unspecified atom stereocenters. The van der Waals surface area contributed by atoms with Crippen molar-refractivity contribution in [2.24, 2.45) is 0 Å². The molecular formula is C11H13ClN4OS. The highest BCUT2D eigenvalue weighted by Gasteiger charge is 2.11. The van der Waals surface area contributed by atoms with E-state index in [0.717, 1.165) is 11.3 Å². The Kier molecular flexibility index (Phi) is 3.98. The van der Waals surface area contributed by atoms with Crippen molar-refractivity contribution in [1.29, 1.82) is 0 Å². The zero-order valence-electron chi connectivity index (χ0n) is 9.81. The summed E-state index contributed by atoms with van der Waals surface area (Å²) in [6.45, 7) is 2.62. The third-order valence-corrected chi connectivity index (χ3v) is 3.65. The average molecular weight is 285 g/mol. The standard InChI is InChI=1S/C11H13ClN4OS/c1-2-5-16-10(17)14-15-11(16)18-9-6-7(12)3-4-8(9)13/h3-4,6H,2,5,13H2,1H3,(H,14,17). The number of aromatic amines is 1. The second-order valence-corrected chi connectivity index (χ2v) is 5.19. The lowest BCUT2D eigenvalue weighted by Gasteiger charge is -2.06. The summed E-state index contributed by atoms with van der Waals surface area (Å²) in [6.07, 6.45) is 0.859. The van der Waals surface area contributed by atoms with Gasteiger partial charge in [-0.2, -0.15) is 0 Å². The third-order valence-electron chi connectivity index (χ3n) is 2.35. The quantitative estimate of drug-likeness (QED) is 0.845. The summed E-state index contributed by atoms with van der Waals surface area (Å²) in [5.41, 5.74) is 6.27. The Morgan fingerprint density at radius 3 is 3.06 bits per heavy atom. The second kappa shape index (κ2) is 5.49. The summed E-state index contributed by atoms with van der Waals surface area (Å²) in [5, 5.41) is 7.63. The van der Waals surface area contributed by atoms with Crippen LogP contribution in [0.3, 0.4) is 0 Å². The Morgan fingerprint density at radius 1 is 1.56 bits per heavy atom. The molecule has 0 aliphatic rings. The van der Waals surface area contributed by atoms with E-state index in [9.17, 15) is 4.79 Å². The highest BCUT2D eigenvalue weighted by Crippen LogP contribution is 2.32. The lowest BCUT2D eigenvalue weighted by atomic mass is 10.3. The highest BCUT2D eigenvalue weighted by molar-refractivity contribution is 7.99. The molecule has 0 saturated carbocycles. The van der Waals surface area contributed by atoms with Gasteiger partial charge in [-0.3, -0.25) is 4.57 Å². The zero-order valence-corrected chi connectivity index (χ0v) is 11.4. The van der Waals surface area contributed by atoms with Crippen LogP contribution in [0.5, 0.6) is 0 Å². The molecule has 0 radical (unpaired) electrons. The molecule has 2 aromatic rings. The topological polar surface area (TPSA) is 76.7 Å². The fourth-order valence-corrected chi connectivity index (χ4v) is 2.68. The number of nitrogens with one attached hydrogen (secondary N) is 1. The molecule has 0 aliphatic heterocycles. The largest absolute Gasteiger partial charge is 0.398 e. The van der Waals surface area contributed by atoms with Crippen LogP contribution in [0.15, 0.2) is 33.0 Å². The van der Waals surface area contributed by atoms with Crippen LogP contribution in [-0.4, -0.2) is 14.8 Å². The summed E-state index contributed by atoms with van der Waals surface area (Å²) in [5.74, 6) is 0. The Morgan fingerprint density at radius 2 is 2.33 bits per heavy atom. The van der Waals surface area contributed by atoms with Gasteiger partial charge in [0.15, 0.2) is 5.16 Å². The number of rotatable bonds is 4. The molecule has 1 aromatic carbocycles. The van der Waals surface area contributed by atoms with Crippen LogP contribution in [0.25, 0.3) is 0 Å². The smallest absolute Gasteiger partial charge is 0.343 e. The molecule has 18 heavy (non-hydrogen) atoms. The summed E-state index contributed by atoms with van der Waals surface area (Å²) in [4.78, 5) is 12.3. The number of halogens is 1. The van der Waals surface area contributed by atoms with E-state index in [1.165, 1.54) is 11.8 Å². The van der Waals surface area contributed by atoms with Crippen molar-refractivity contribution in [3.8, 4) is 0 Å². The Hall–Kier alpha value is -1.40. The van der Waals surface area contributed by atoms with Gasteiger partial charge in [0.2, 0.25) is 0 Å². The molecule has 1 heterocycles. The van der Waals surface area contributed by atoms with E-state index in [4.69, 9.17) is 17.3 Å². The van der Waals surface area contributed by atoms with Crippen LogP contribution in [0.2, 0.25) is 5.02 Å². The van der Waals surface area contributed by atoms with Crippen LogP contribution in [0.1, 0.15) is 13.3 Å². The highest BCUT2D eigenvalue weighted by atomic mass is 35.5. The molecule has 0 bridgehead atoms. The summed E-state index contributed by atoms with van der Waals surface area (Å²) in [7, 11) is 0. The van der Waals surface area contributed by atoms with Crippen molar-refractivity contribution in [3.63, 3.8) is 0 Å². The predicted molar refractivity (Wildman–Crippen MR) is 73.1 cm³/mol. The van der Waals surface area contributed by atoms with Gasteiger partial charge in [-0.25, -0.2) is 9.89 Å². The first-order chi connectivity index (χ1) is 8.61. The normalized spacial score (nSPS) is 10.8. The van der Waals surface area contributed by atoms with Crippen LogP contribution in [0.4, 0.5) is 5.69 Å². The van der Waals surface area contributed by atoms with E-state index < -0.39 is 0 Å². The van der Waals surface area contributed by atoms with Gasteiger partial charge in [0, 0.05) is 22.2 Å². The van der Waals surface area contributed by atoms with Crippen molar-refractivity contribution in [2.75, 3.05) is 5.73 Å². The molecule has 5 nitrogen and oxygen atoms in total. The molecule has 2 rings (SSSR count). The van der Waals surface area contributed by atoms with Crippen LogP contribution in [0, 0.1) is 0 Å². The fourth-order valence-electron chi connectivity index (χ4n) is 1.50. The predicted octanol–water partition coefficient (Wildman–Crippen LogP) is 2.37. The number of nitrogens with two attached hydrogens (primary N) is 1. The molecule has 7 heteroatoms. The maximum atomic E-state index is 11.5. The first-order valence-electron chi connectivity index (χ1n) is 5.50. The lowest BCUT2D eigenvalue weighted by Crippen LogP contribution is -2.17. The number of benzene rings is 1. The van der Waals surface area contributed by atoms with Crippen molar-refractivity contribution in [1.82, 2.24) is 14.8 Å². The SMILES string of the molecule is CCCn1c(Sc2cc(Cl)ccc2N)n[nH]c1=O. The number of H-pyrrole nitrogens is 1. The van der Waals surface area contributed by atoms with E-state index in [-0.39, 0.29) is 5.69 Å². The van der Waals surface area contributed by atoms with Gasteiger partial charge in [0.1, 0.15) is 0 Å². The monoisotopic (exact) mass is 284 g/mol. The molecule has 0 fully saturated rings. The Bertz CT molecular complexity index is 607. The molecule has 0 spiro atoms. The second-order valence-electron chi connectivity index (χ2n) is 3.75. The molecule has 96 valence electrons. The molecule has 0 atom stereocenters. The third kappa shape index (κ3) is 2.70. The maximum Gasteiger partial charge on any atom is 0.343 e. The first kappa shape index (κ1) is 13.0. The molecule has 0 aliphatic carbocycles. The lowest BCUT2D eigenvalue weighted by molar-refractivity contribution is 0.604. The van der Waals surface area contributed by atoms with Crippen LogP contribution < -0.4 is 11.4 Å². The molecular weight excluding hydrogens is 272 g/mol. The number of nitrogen functional groups attached to an aromatic ring is 1. The van der Waals surface area contributed by atoms with Gasteiger partial charge < -0.3 is 5.73 Å². The van der Waals surface area contributed by atoms with Gasteiger partial charge in [0.05, 0.1) is 0 Å². The van der Waals surface area contributed by atoms with Crippen LogP contribution >= 0.6 is 23.4 Å². The number of hydrogen-bond acceptors (Lipinski definition) is 4. The van der Waals surface area contributed by atoms with Gasteiger partial charge in [-0.05, 0) is 36.4 Å². The Balaban J connectivity index is 2.34. The van der Waals surface area contributed by atoms with Gasteiger partial charge in [-0.15, -0.1) is 5.10 Å². The molecule has 1 aromatic heterocycles. The minimum Gasteiger partial charge on any atom is -0.398 e. The molecule has 0 saturated heterocycles. The van der Waals surface area contributed by atoms with Crippen molar-refractivity contribution < 1.29 is 0 Å².